The van der Waals surface area contributed by atoms with Gasteiger partial charge in [0.1, 0.15) is 37.1 Å². The van der Waals surface area contributed by atoms with Crippen molar-refractivity contribution in [2.75, 3.05) is 24.6 Å². The quantitative estimate of drug-likeness (QED) is 0.448. The average Bonchev–Trinajstić information content (AvgIpc) is 3.13. The fraction of sp³-hybridized carbons (Fsp3) is 0.417. The maximum absolute atomic E-state index is 12.4. The van der Waals surface area contributed by atoms with Crippen LogP contribution in [0.5, 0.6) is 0 Å². The SMILES string of the molecule is CCN1CC(=O)N(c2ccc(Cc3cc([C@@H]4O[C@H](CO)[C@@H](O)[C@H](O)[C@@H]4O)ccc3Cl)cc2)C1=O. The molecule has 0 spiro atoms. The highest BCUT2D eigenvalue weighted by Gasteiger charge is 2.44. The predicted octanol–water partition coefficient (Wildman–Crippen LogP) is 1.23. The third kappa shape index (κ3) is 4.55. The number of urea groups is 1. The summed E-state index contributed by atoms with van der Waals surface area (Å²) in [5.74, 6) is -0.269. The number of rotatable bonds is 6. The Balaban J connectivity index is 1.53. The molecule has 4 rings (SSSR count). The van der Waals surface area contributed by atoms with Crippen LogP contribution in [0.25, 0.3) is 0 Å². The van der Waals surface area contributed by atoms with Gasteiger partial charge >= 0.3 is 6.03 Å². The van der Waals surface area contributed by atoms with E-state index < -0.39 is 37.1 Å². The van der Waals surface area contributed by atoms with Crippen molar-refractivity contribution >= 4 is 29.2 Å². The van der Waals surface area contributed by atoms with Crippen molar-refractivity contribution < 1.29 is 34.8 Å². The number of nitrogens with zero attached hydrogens (tertiary/aromatic N) is 2. The van der Waals surface area contributed by atoms with Gasteiger partial charge < -0.3 is 30.1 Å². The number of hydrogen-bond acceptors (Lipinski definition) is 7. The second kappa shape index (κ2) is 9.99. The van der Waals surface area contributed by atoms with Gasteiger partial charge in [0.25, 0.3) is 5.91 Å². The molecule has 0 aromatic heterocycles. The lowest BCUT2D eigenvalue weighted by Gasteiger charge is -2.40. The molecule has 2 aliphatic rings. The van der Waals surface area contributed by atoms with Crippen molar-refractivity contribution in [1.29, 1.82) is 0 Å². The first kappa shape index (κ1) is 24.6. The summed E-state index contributed by atoms with van der Waals surface area (Å²) in [6.45, 7) is 1.84. The molecule has 9 nitrogen and oxygen atoms in total. The summed E-state index contributed by atoms with van der Waals surface area (Å²) >= 11 is 6.40. The Morgan fingerprint density at radius 2 is 1.74 bits per heavy atom. The van der Waals surface area contributed by atoms with Crippen molar-refractivity contribution in [1.82, 2.24) is 4.90 Å². The number of halogens is 1. The molecular formula is C24H27ClN2O7. The summed E-state index contributed by atoms with van der Waals surface area (Å²) in [6.07, 6.45) is -5.82. The number of likely N-dealkylation sites (N-methyl/N-ethyl adjacent to an activating group) is 1. The Labute approximate surface area is 201 Å². The molecule has 5 atom stereocenters. The van der Waals surface area contributed by atoms with Gasteiger partial charge in [-0.3, -0.25) is 4.79 Å². The van der Waals surface area contributed by atoms with E-state index in [-0.39, 0.29) is 18.5 Å². The second-order valence-electron chi connectivity index (χ2n) is 8.47. The highest BCUT2D eigenvalue weighted by molar-refractivity contribution is 6.31. The van der Waals surface area contributed by atoms with Gasteiger partial charge in [-0.25, -0.2) is 9.69 Å². The first-order valence-corrected chi connectivity index (χ1v) is 11.4. The lowest BCUT2D eigenvalue weighted by Crippen LogP contribution is -2.55. The van der Waals surface area contributed by atoms with Crippen molar-refractivity contribution in [2.45, 2.75) is 43.9 Å². The van der Waals surface area contributed by atoms with Gasteiger partial charge in [-0.1, -0.05) is 35.9 Å². The van der Waals surface area contributed by atoms with Crippen LogP contribution >= 0.6 is 11.6 Å². The van der Waals surface area contributed by atoms with Crippen molar-refractivity contribution in [3.05, 3.63) is 64.2 Å². The molecule has 3 amide bonds. The lowest BCUT2D eigenvalue weighted by atomic mass is 9.90. The minimum atomic E-state index is -1.47. The summed E-state index contributed by atoms with van der Waals surface area (Å²) in [5.41, 5.74) is 2.65. The first-order valence-electron chi connectivity index (χ1n) is 11.0. The van der Waals surface area contributed by atoms with Crippen LogP contribution in [0.15, 0.2) is 42.5 Å². The predicted molar refractivity (Wildman–Crippen MR) is 124 cm³/mol. The molecule has 0 unspecified atom stereocenters. The Kier molecular flexibility index (Phi) is 7.22. The molecule has 2 fully saturated rings. The molecule has 4 N–H and O–H groups in total. The summed E-state index contributed by atoms with van der Waals surface area (Å²) in [4.78, 5) is 27.3. The molecule has 0 aliphatic carbocycles. The number of amides is 3. The highest BCUT2D eigenvalue weighted by atomic mass is 35.5. The Morgan fingerprint density at radius 1 is 1.03 bits per heavy atom. The zero-order valence-corrected chi connectivity index (χ0v) is 19.3. The number of imide groups is 1. The Morgan fingerprint density at radius 3 is 2.35 bits per heavy atom. The van der Waals surface area contributed by atoms with E-state index in [0.717, 1.165) is 11.1 Å². The van der Waals surface area contributed by atoms with Crippen LogP contribution < -0.4 is 4.90 Å². The summed E-state index contributed by atoms with van der Waals surface area (Å²) in [5, 5.41) is 40.5. The summed E-state index contributed by atoms with van der Waals surface area (Å²) < 4.78 is 5.65. The van der Waals surface area contributed by atoms with Crippen LogP contribution in [0.4, 0.5) is 10.5 Å². The van der Waals surface area contributed by atoms with E-state index in [9.17, 15) is 30.0 Å². The third-order valence-corrected chi connectivity index (χ3v) is 6.67. The second-order valence-corrected chi connectivity index (χ2v) is 8.88. The number of benzene rings is 2. The van der Waals surface area contributed by atoms with Crippen LogP contribution in [-0.2, 0) is 16.0 Å². The highest BCUT2D eigenvalue weighted by Crippen LogP contribution is 2.34. The number of carbonyl (C=O) groups excluding carboxylic acids is 2. The smallest absolute Gasteiger partial charge is 0.331 e. The average molecular weight is 491 g/mol. The van der Waals surface area contributed by atoms with Gasteiger partial charge in [0.15, 0.2) is 0 Å². The molecule has 34 heavy (non-hydrogen) atoms. The molecule has 2 aromatic carbocycles. The molecule has 2 heterocycles. The number of anilines is 1. The molecule has 2 aromatic rings. The minimum absolute atomic E-state index is 0.0669. The molecule has 10 heteroatoms. The third-order valence-electron chi connectivity index (χ3n) is 6.30. The van der Waals surface area contributed by atoms with Crippen LogP contribution in [0.1, 0.15) is 29.7 Å². The van der Waals surface area contributed by atoms with E-state index in [0.29, 0.717) is 29.2 Å². The molecule has 2 aliphatic heterocycles. The fourth-order valence-electron chi connectivity index (χ4n) is 4.32. The van der Waals surface area contributed by atoms with Crippen LogP contribution in [0.3, 0.4) is 0 Å². The lowest BCUT2D eigenvalue weighted by molar-refractivity contribution is -0.231. The van der Waals surface area contributed by atoms with Gasteiger partial charge in [-0.05, 0) is 48.2 Å². The van der Waals surface area contributed by atoms with Crippen molar-refractivity contribution in [2.24, 2.45) is 0 Å². The number of aliphatic hydroxyl groups is 4. The van der Waals surface area contributed by atoms with E-state index in [1.807, 2.05) is 6.92 Å². The monoisotopic (exact) mass is 490 g/mol. The van der Waals surface area contributed by atoms with Gasteiger partial charge in [0.05, 0.1) is 12.3 Å². The van der Waals surface area contributed by atoms with Gasteiger partial charge in [0.2, 0.25) is 0 Å². The molecular weight excluding hydrogens is 464 g/mol. The Bertz CT molecular complexity index is 1060. The normalized spacial score (nSPS) is 27.5. The summed E-state index contributed by atoms with van der Waals surface area (Å²) in [7, 11) is 0. The standard InChI is InChI=1S/C24H27ClN2O7/c1-2-26-11-19(29)27(24(26)33)16-6-3-13(4-7-16)9-15-10-14(5-8-17(15)25)23-22(32)21(31)20(30)18(12-28)34-23/h3-8,10,18,20-23,28,30-32H,2,9,11-12H2,1H3/t18-,20-,21+,22+,23+/m1/s1. The van der Waals surface area contributed by atoms with E-state index in [2.05, 4.69) is 0 Å². The Hall–Kier alpha value is -2.53. The molecule has 0 radical (unpaired) electrons. The molecule has 0 saturated carbocycles. The number of ether oxygens (including phenoxy) is 1. The number of carbonyl (C=O) groups is 2. The van der Waals surface area contributed by atoms with Gasteiger partial charge in [0, 0.05) is 11.6 Å². The molecule has 0 bridgehead atoms. The number of hydrogen-bond donors (Lipinski definition) is 4. The van der Waals surface area contributed by atoms with Crippen LogP contribution in [0.2, 0.25) is 5.02 Å². The van der Waals surface area contributed by atoms with E-state index >= 15 is 0 Å². The van der Waals surface area contributed by atoms with Gasteiger partial charge in [-0.15, -0.1) is 0 Å². The maximum Gasteiger partial charge on any atom is 0.331 e. The van der Waals surface area contributed by atoms with E-state index in [1.54, 1.807) is 42.5 Å². The van der Waals surface area contributed by atoms with E-state index in [1.165, 1.54) is 9.80 Å². The topological polar surface area (TPSA) is 131 Å². The summed E-state index contributed by atoms with van der Waals surface area (Å²) in [6, 6.07) is 11.8. The van der Waals surface area contributed by atoms with Crippen LogP contribution in [0, 0.1) is 0 Å². The fourth-order valence-corrected chi connectivity index (χ4v) is 4.50. The van der Waals surface area contributed by atoms with E-state index in [4.69, 9.17) is 16.3 Å². The number of aliphatic hydroxyl groups excluding tert-OH is 4. The molecule has 2 saturated heterocycles. The minimum Gasteiger partial charge on any atom is -0.394 e. The molecule has 182 valence electrons. The first-order chi connectivity index (χ1) is 16.2. The van der Waals surface area contributed by atoms with Crippen molar-refractivity contribution in [3.63, 3.8) is 0 Å². The van der Waals surface area contributed by atoms with Crippen molar-refractivity contribution in [3.8, 4) is 0 Å². The van der Waals surface area contributed by atoms with Crippen LogP contribution in [-0.4, -0.2) is 81.4 Å². The zero-order valence-electron chi connectivity index (χ0n) is 18.5. The largest absolute Gasteiger partial charge is 0.394 e. The van der Waals surface area contributed by atoms with Gasteiger partial charge in [-0.2, -0.15) is 0 Å². The zero-order chi connectivity index (χ0) is 24.6. The maximum atomic E-state index is 12.4.